The molecular weight excluding hydrogens is 300 g/mol. The van der Waals surface area contributed by atoms with Gasteiger partial charge in [0.25, 0.3) is 5.92 Å². The Morgan fingerprint density at radius 1 is 1.29 bits per heavy atom. The number of nitrogens with zero attached hydrogens (tertiary/aromatic N) is 2. The van der Waals surface area contributed by atoms with Gasteiger partial charge in [0.1, 0.15) is 12.6 Å². The highest BCUT2D eigenvalue weighted by molar-refractivity contribution is 5.85. The van der Waals surface area contributed by atoms with E-state index in [4.69, 9.17) is 10.4 Å². The molecule has 2 N–H and O–H groups in total. The maximum absolute atomic E-state index is 14.1. The molecule has 0 bridgehead atoms. The summed E-state index contributed by atoms with van der Waals surface area (Å²) in [6.07, 6.45) is 0. The predicted molar refractivity (Wildman–Crippen MR) is 77.6 cm³/mol. The van der Waals surface area contributed by atoms with Gasteiger partial charge in [0.2, 0.25) is 0 Å². The van der Waals surface area contributed by atoms with Crippen LogP contribution in [-0.2, 0) is 0 Å². The van der Waals surface area contributed by atoms with Crippen LogP contribution in [0, 0.1) is 11.3 Å². The van der Waals surface area contributed by atoms with Crippen molar-refractivity contribution in [2.75, 3.05) is 32.8 Å². The number of rotatable bonds is 4. The minimum atomic E-state index is -3.22. The third-order valence-corrected chi connectivity index (χ3v) is 3.48. The molecule has 1 aliphatic rings. The lowest BCUT2D eigenvalue weighted by atomic mass is 9.97. The van der Waals surface area contributed by atoms with Gasteiger partial charge in [-0.25, -0.2) is 8.78 Å². The number of nitrogens with one attached hydrogen (secondary N) is 1. The Labute approximate surface area is 128 Å². The fraction of sp³-hybridized carbons (Fsp3) is 0.500. The molecule has 1 heterocycles. The van der Waals surface area contributed by atoms with Crippen molar-refractivity contribution in [1.82, 2.24) is 10.2 Å². The standard InChI is InChI=1S/C14H17F2N3O.ClH/c15-14(16,10-20)13(19-7-5-18-6-8-19)12-3-1-11(9-17)2-4-12;/h1-4,13,18,20H,5-8,10H2;1H/t13-;/m1./s1. The smallest absolute Gasteiger partial charge is 0.289 e. The van der Waals surface area contributed by atoms with Crippen molar-refractivity contribution in [3.05, 3.63) is 35.4 Å². The van der Waals surface area contributed by atoms with Crippen molar-refractivity contribution in [2.45, 2.75) is 12.0 Å². The van der Waals surface area contributed by atoms with Gasteiger partial charge in [0, 0.05) is 26.2 Å². The Morgan fingerprint density at radius 2 is 1.86 bits per heavy atom. The van der Waals surface area contributed by atoms with Crippen LogP contribution in [0.1, 0.15) is 17.2 Å². The Hall–Kier alpha value is -1.26. The summed E-state index contributed by atoms with van der Waals surface area (Å²) >= 11 is 0. The topological polar surface area (TPSA) is 59.3 Å². The van der Waals surface area contributed by atoms with Gasteiger partial charge in [0.15, 0.2) is 0 Å². The van der Waals surface area contributed by atoms with Crippen molar-refractivity contribution in [3.8, 4) is 6.07 Å². The Bertz CT molecular complexity index is 484. The van der Waals surface area contributed by atoms with Crippen LogP contribution < -0.4 is 5.32 Å². The first-order valence-electron chi connectivity index (χ1n) is 6.52. The molecule has 2 rings (SSSR count). The van der Waals surface area contributed by atoms with Crippen LogP contribution in [0.2, 0.25) is 0 Å². The molecule has 0 saturated carbocycles. The Morgan fingerprint density at radius 3 is 2.33 bits per heavy atom. The number of nitriles is 1. The molecule has 0 radical (unpaired) electrons. The average Bonchev–Trinajstić information content (AvgIpc) is 2.49. The highest BCUT2D eigenvalue weighted by atomic mass is 35.5. The average molecular weight is 318 g/mol. The van der Waals surface area contributed by atoms with Crippen molar-refractivity contribution in [2.24, 2.45) is 0 Å². The summed E-state index contributed by atoms with van der Waals surface area (Å²) in [6.45, 7) is 1.10. The Kier molecular flexibility index (Phi) is 6.49. The van der Waals surface area contributed by atoms with E-state index in [2.05, 4.69) is 5.32 Å². The summed E-state index contributed by atoms with van der Waals surface area (Å²) in [7, 11) is 0. The molecule has 4 nitrogen and oxygen atoms in total. The molecule has 0 aliphatic carbocycles. The second-order valence-corrected chi connectivity index (χ2v) is 4.84. The summed E-state index contributed by atoms with van der Waals surface area (Å²) in [5.74, 6) is -3.22. The minimum absolute atomic E-state index is 0. The molecule has 0 spiro atoms. The lowest BCUT2D eigenvalue weighted by molar-refractivity contribution is -0.118. The largest absolute Gasteiger partial charge is 0.390 e. The van der Waals surface area contributed by atoms with Gasteiger partial charge in [-0.1, -0.05) is 12.1 Å². The molecule has 0 aromatic heterocycles. The lowest BCUT2D eigenvalue weighted by Gasteiger charge is -2.38. The molecule has 1 aliphatic heterocycles. The number of aliphatic hydroxyl groups excluding tert-OH is 1. The molecule has 1 aromatic rings. The molecule has 0 amide bonds. The third kappa shape index (κ3) is 4.11. The molecule has 116 valence electrons. The van der Waals surface area contributed by atoms with Gasteiger partial charge in [-0.15, -0.1) is 12.4 Å². The zero-order chi connectivity index (χ0) is 14.6. The van der Waals surface area contributed by atoms with Gasteiger partial charge < -0.3 is 10.4 Å². The van der Waals surface area contributed by atoms with Gasteiger partial charge in [0.05, 0.1) is 11.6 Å². The van der Waals surface area contributed by atoms with Crippen LogP contribution in [0.3, 0.4) is 0 Å². The van der Waals surface area contributed by atoms with E-state index in [1.54, 1.807) is 4.90 Å². The van der Waals surface area contributed by atoms with E-state index in [1.807, 2.05) is 6.07 Å². The number of alkyl halides is 2. The maximum Gasteiger partial charge on any atom is 0.289 e. The second kappa shape index (κ2) is 7.66. The van der Waals surface area contributed by atoms with Gasteiger partial charge in [-0.2, -0.15) is 5.26 Å². The second-order valence-electron chi connectivity index (χ2n) is 4.84. The van der Waals surface area contributed by atoms with E-state index in [-0.39, 0.29) is 12.4 Å². The minimum Gasteiger partial charge on any atom is -0.390 e. The van der Waals surface area contributed by atoms with Gasteiger partial charge in [-0.3, -0.25) is 4.90 Å². The first-order chi connectivity index (χ1) is 9.58. The van der Waals surface area contributed by atoms with Crippen molar-refractivity contribution < 1.29 is 13.9 Å². The first-order valence-corrected chi connectivity index (χ1v) is 6.52. The molecule has 7 heteroatoms. The predicted octanol–water partition coefficient (Wildman–Crippen LogP) is 1.55. The lowest BCUT2D eigenvalue weighted by Crippen LogP contribution is -2.51. The normalized spacial score (nSPS) is 17.6. The van der Waals surface area contributed by atoms with Crippen LogP contribution in [0.25, 0.3) is 0 Å². The summed E-state index contributed by atoms with van der Waals surface area (Å²) < 4.78 is 28.2. The fourth-order valence-electron chi connectivity index (χ4n) is 2.49. The number of halogens is 3. The summed E-state index contributed by atoms with van der Waals surface area (Å²) in [6, 6.07) is 6.93. The number of hydrogen-bond donors (Lipinski definition) is 2. The van der Waals surface area contributed by atoms with E-state index in [0.29, 0.717) is 37.3 Å². The van der Waals surface area contributed by atoms with E-state index in [1.165, 1.54) is 24.3 Å². The van der Waals surface area contributed by atoms with Gasteiger partial charge in [-0.05, 0) is 17.7 Å². The summed E-state index contributed by atoms with van der Waals surface area (Å²) in [5, 5.41) is 20.9. The molecule has 1 aromatic carbocycles. The van der Waals surface area contributed by atoms with E-state index in [0.717, 1.165) is 0 Å². The van der Waals surface area contributed by atoms with Crippen LogP contribution >= 0.6 is 12.4 Å². The Balaban J connectivity index is 0.00000220. The maximum atomic E-state index is 14.1. The first kappa shape index (κ1) is 17.8. The number of piperazine rings is 1. The van der Waals surface area contributed by atoms with Crippen LogP contribution in [-0.4, -0.2) is 48.7 Å². The van der Waals surface area contributed by atoms with Crippen LogP contribution in [0.4, 0.5) is 8.78 Å². The zero-order valence-electron chi connectivity index (χ0n) is 11.4. The van der Waals surface area contributed by atoms with Crippen LogP contribution in [0.15, 0.2) is 24.3 Å². The molecule has 0 unspecified atom stereocenters. The molecule has 21 heavy (non-hydrogen) atoms. The third-order valence-electron chi connectivity index (χ3n) is 3.48. The summed E-state index contributed by atoms with van der Waals surface area (Å²) in [4.78, 5) is 1.67. The monoisotopic (exact) mass is 317 g/mol. The van der Waals surface area contributed by atoms with E-state index < -0.39 is 18.6 Å². The van der Waals surface area contributed by atoms with Crippen LogP contribution in [0.5, 0.6) is 0 Å². The number of aliphatic hydroxyl groups is 1. The molecule has 1 atom stereocenters. The van der Waals surface area contributed by atoms with E-state index in [9.17, 15) is 8.78 Å². The SMILES string of the molecule is Cl.N#Cc1ccc([C@@H](N2CCNCC2)C(F)(F)CO)cc1. The van der Waals surface area contributed by atoms with E-state index >= 15 is 0 Å². The number of hydrogen-bond acceptors (Lipinski definition) is 4. The zero-order valence-corrected chi connectivity index (χ0v) is 12.2. The molecular formula is C14H18ClF2N3O. The molecule has 1 saturated heterocycles. The molecule has 1 fully saturated rings. The highest BCUT2D eigenvalue weighted by Crippen LogP contribution is 2.36. The summed E-state index contributed by atoms with van der Waals surface area (Å²) in [5.41, 5.74) is 0.852. The number of benzene rings is 1. The van der Waals surface area contributed by atoms with Crippen molar-refractivity contribution in [1.29, 1.82) is 5.26 Å². The highest BCUT2D eigenvalue weighted by Gasteiger charge is 2.43. The fourth-order valence-corrected chi connectivity index (χ4v) is 2.49. The quantitative estimate of drug-likeness (QED) is 0.884. The van der Waals surface area contributed by atoms with Crippen molar-refractivity contribution >= 4 is 12.4 Å². The van der Waals surface area contributed by atoms with Gasteiger partial charge >= 0.3 is 0 Å². The van der Waals surface area contributed by atoms with Crippen molar-refractivity contribution in [3.63, 3.8) is 0 Å².